The fourth-order valence-electron chi connectivity index (χ4n) is 1.69. The third-order valence-corrected chi connectivity index (χ3v) is 3.67. The van der Waals surface area contributed by atoms with Crippen LogP contribution in [-0.2, 0) is 13.6 Å². The maximum Gasteiger partial charge on any atom is 0.325 e. The summed E-state index contributed by atoms with van der Waals surface area (Å²) in [5.74, 6) is 0.116. The number of halogens is 1. The van der Waals surface area contributed by atoms with Crippen molar-refractivity contribution >= 4 is 21.7 Å². The van der Waals surface area contributed by atoms with Gasteiger partial charge in [0, 0.05) is 21.5 Å². The summed E-state index contributed by atoms with van der Waals surface area (Å²) in [7, 11) is 1.93. The van der Waals surface area contributed by atoms with E-state index in [1.54, 1.807) is 0 Å². The van der Waals surface area contributed by atoms with E-state index in [0.717, 1.165) is 15.9 Å². The van der Waals surface area contributed by atoms with Gasteiger partial charge in [-0.15, -0.1) is 0 Å². The van der Waals surface area contributed by atoms with Gasteiger partial charge in [-0.3, -0.25) is 4.79 Å². The number of aryl methyl sites for hydroxylation is 2. The van der Waals surface area contributed by atoms with Crippen LogP contribution in [0.4, 0.5) is 0 Å². The number of ketones is 1. The van der Waals surface area contributed by atoms with Crippen molar-refractivity contribution in [1.29, 1.82) is 0 Å². The van der Waals surface area contributed by atoms with Gasteiger partial charge in [0.25, 0.3) is 0 Å². The van der Waals surface area contributed by atoms with Crippen molar-refractivity contribution in [2.24, 2.45) is 7.05 Å². The molecule has 0 saturated heterocycles. The molecule has 0 N–H and O–H groups in total. The number of imidazole rings is 1. The van der Waals surface area contributed by atoms with Crippen molar-refractivity contribution < 1.29 is 9.36 Å². The second-order valence-corrected chi connectivity index (χ2v) is 4.81. The Hall–Kier alpha value is -1.42. The summed E-state index contributed by atoms with van der Waals surface area (Å²) >= 11 is 3.44. The van der Waals surface area contributed by atoms with Crippen molar-refractivity contribution in [2.75, 3.05) is 0 Å². The van der Waals surface area contributed by atoms with Gasteiger partial charge in [-0.25, -0.2) is 9.13 Å². The molecule has 0 spiro atoms. The van der Waals surface area contributed by atoms with Gasteiger partial charge in [0.1, 0.15) is 12.4 Å². The molecule has 17 heavy (non-hydrogen) atoms. The average molecular weight is 294 g/mol. The molecule has 3 nitrogen and oxygen atoms in total. The highest BCUT2D eigenvalue weighted by molar-refractivity contribution is 9.10. The van der Waals surface area contributed by atoms with E-state index in [-0.39, 0.29) is 5.78 Å². The number of aromatic nitrogens is 2. The van der Waals surface area contributed by atoms with Gasteiger partial charge < -0.3 is 0 Å². The topological polar surface area (TPSA) is 25.9 Å². The van der Waals surface area contributed by atoms with Gasteiger partial charge in [0.2, 0.25) is 5.78 Å². The Morgan fingerprint density at radius 3 is 2.82 bits per heavy atom. The Balaban J connectivity index is 2.20. The van der Waals surface area contributed by atoms with Gasteiger partial charge >= 0.3 is 4.73 Å². The first-order chi connectivity index (χ1) is 8.08. The molecule has 88 valence electrons. The van der Waals surface area contributed by atoms with Crippen LogP contribution in [-0.4, -0.2) is 10.4 Å². The van der Waals surface area contributed by atoms with Gasteiger partial charge in [0.15, 0.2) is 6.54 Å². The molecule has 2 rings (SSSR count). The van der Waals surface area contributed by atoms with Crippen LogP contribution < -0.4 is 4.57 Å². The minimum absolute atomic E-state index is 0.116. The van der Waals surface area contributed by atoms with E-state index < -0.39 is 0 Å². The van der Waals surface area contributed by atoms with Gasteiger partial charge in [-0.2, -0.15) is 0 Å². The number of nitrogens with zero attached hydrogens (tertiary/aromatic N) is 2. The predicted octanol–water partition coefficient (Wildman–Crippen LogP) is 2.27. The van der Waals surface area contributed by atoms with E-state index >= 15 is 0 Å². The van der Waals surface area contributed by atoms with Crippen LogP contribution in [0.15, 0.2) is 41.4 Å². The van der Waals surface area contributed by atoms with Crippen LogP contribution in [0.1, 0.15) is 15.9 Å². The molecule has 0 aliphatic carbocycles. The fourth-order valence-corrected chi connectivity index (χ4v) is 2.05. The van der Waals surface area contributed by atoms with E-state index in [2.05, 4.69) is 15.9 Å². The lowest BCUT2D eigenvalue weighted by molar-refractivity contribution is -0.682. The standard InChI is InChI=1S/C13H14BrN2O/c1-10-4-3-5-11(8-10)12(17)9-16-7-6-15(2)13(16)14/h3-8H,9H2,1-2H3/q+1. The number of carbonyl (C=O) groups is 1. The molecule has 0 saturated carbocycles. The molecule has 2 aromatic rings. The van der Waals surface area contributed by atoms with Crippen LogP contribution in [0.2, 0.25) is 0 Å². The first-order valence-electron chi connectivity index (χ1n) is 5.38. The molecule has 0 radical (unpaired) electrons. The van der Waals surface area contributed by atoms with Crippen LogP contribution in [0, 0.1) is 6.92 Å². The smallest absolute Gasteiger partial charge is 0.290 e. The van der Waals surface area contributed by atoms with E-state index in [9.17, 15) is 4.79 Å². The second kappa shape index (κ2) is 4.84. The lowest BCUT2D eigenvalue weighted by Crippen LogP contribution is -2.27. The third kappa shape index (κ3) is 2.64. The number of benzene rings is 1. The molecule has 0 unspecified atom stereocenters. The van der Waals surface area contributed by atoms with Crippen LogP contribution >= 0.6 is 15.9 Å². The molecule has 0 aliphatic rings. The summed E-state index contributed by atoms with van der Waals surface area (Å²) in [6.45, 7) is 2.34. The monoisotopic (exact) mass is 293 g/mol. The normalized spacial score (nSPS) is 10.5. The van der Waals surface area contributed by atoms with E-state index in [1.165, 1.54) is 0 Å². The zero-order valence-corrected chi connectivity index (χ0v) is 11.4. The molecule has 0 aliphatic heterocycles. The first-order valence-corrected chi connectivity index (χ1v) is 6.17. The Kier molecular flexibility index (Phi) is 3.43. The van der Waals surface area contributed by atoms with E-state index in [0.29, 0.717) is 6.54 Å². The van der Waals surface area contributed by atoms with E-state index in [1.807, 2.05) is 59.8 Å². The summed E-state index contributed by atoms with van der Waals surface area (Å²) in [4.78, 5) is 12.1. The van der Waals surface area contributed by atoms with Gasteiger partial charge in [-0.05, 0) is 13.0 Å². The molecule has 1 aromatic carbocycles. The van der Waals surface area contributed by atoms with Crippen molar-refractivity contribution in [3.63, 3.8) is 0 Å². The third-order valence-electron chi connectivity index (χ3n) is 2.65. The molecular weight excluding hydrogens is 280 g/mol. The molecule has 1 heterocycles. The highest BCUT2D eigenvalue weighted by Gasteiger charge is 2.15. The van der Waals surface area contributed by atoms with Crippen LogP contribution in [0.25, 0.3) is 0 Å². The van der Waals surface area contributed by atoms with Crippen molar-refractivity contribution in [3.05, 3.63) is 52.5 Å². The number of hydrogen-bond donors (Lipinski definition) is 0. The van der Waals surface area contributed by atoms with Crippen LogP contribution in [0.3, 0.4) is 0 Å². The quantitative estimate of drug-likeness (QED) is 0.630. The minimum atomic E-state index is 0.116. The van der Waals surface area contributed by atoms with Crippen molar-refractivity contribution in [1.82, 2.24) is 4.57 Å². The van der Waals surface area contributed by atoms with Crippen LogP contribution in [0.5, 0.6) is 0 Å². The summed E-state index contributed by atoms with van der Waals surface area (Å²) in [6, 6.07) is 7.67. The average Bonchev–Trinajstić information content (AvgIpc) is 2.61. The zero-order chi connectivity index (χ0) is 12.4. The van der Waals surface area contributed by atoms with Crippen molar-refractivity contribution in [3.8, 4) is 0 Å². The highest BCUT2D eigenvalue weighted by atomic mass is 79.9. The molecule has 1 aromatic heterocycles. The maximum absolute atomic E-state index is 12.1. The Morgan fingerprint density at radius 1 is 1.47 bits per heavy atom. The number of hydrogen-bond acceptors (Lipinski definition) is 1. The Morgan fingerprint density at radius 2 is 2.24 bits per heavy atom. The lowest BCUT2D eigenvalue weighted by Gasteiger charge is -2.00. The second-order valence-electron chi connectivity index (χ2n) is 4.10. The van der Waals surface area contributed by atoms with Gasteiger partial charge in [0.05, 0.1) is 7.05 Å². The van der Waals surface area contributed by atoms with E-state index in [4.69, 9.17) is 0 Å². The fraction of sp³-hybridized carbons (Fsp3) is 0.231. The summed E-state index contributed by atoms with van der Waals surface area (Å²) in [6.07, 6.45) is 3.80. The van der Waals surface area contributed by atoms with Crippen molar-refractivity contribution in [2.45, 2.75) is 13.5 Å². The summed E-state index contributed by atoms with van der Waals surface area (Å²) < 4.78 is 4.69. The largest absolute Gasteiger partial charge is 0.325 e. The minimum Gasteiger partial charge on any atom is -0.290 e. The molecule has 0 fully saturated rings. The Bertz CT molecular complexity index is 560. The predicted molar refractivity (Wildman–Crippen MR) is 68.8 cm³/mol. The molecule has 0 atom stereocenters. The lowest BCUT2D eigenvalue weighted by atomic mass is 10.1. The summed E-state index contributed by atoms with van der Waals surface area (Å²) in [5.41, 5.74) is 1.86. The molecular formula is C13H14BrN2O+. The Labute approximate surface area is 109 Å². The maximum atomic E-state index is 12.1. The number of rotatable bonds is 3. The number of Topliss-reactive ketones (excluding diaryl/α,β-unsaturated/α-hetero) is 1. The number of carbonyl (C=O) groups excluding carboxylic acids is 1. The molecule has 0 amide bonds. The summed E-state index contributed by atoms with van der Waals surface area (Å²) in [5, 5.41) is 0. The SMILES string of the molecule is Cc1cccc(C(=O)Cn2cc[n+](C)c2Br)c1. The molecule has 4 heteroatoms. The first kappa shape index (κ1) is 12.0. The van der Waals surface area contributed by atoms with Gasteiger partial charge in [-0.1, -0.05) is 23.8 Å². The highest BCUT2D eigenvalue weighted by Crippen LogP contribution is 2.09. The zero-order valence-electron chi connectivity index (χ0n) is 9.85. The molecule has 0 bridgehead atoms.